The van der Waals surface area contributed by atoms with Gasteiger partial charge in [0.1, 0.15) is 5.54 Å². The van der Waals surface area contributed by atoms with Crippen molar-refractivity contribution in [1.29, 1.82) is 0 Å². The van der Waals surface area contributed by atoms with Crippen LogP contribution < -0.4 is 5.32 Å². The molecule has 3 rings (SSSR count). The Kier molecular flexibility index (Phi) is 5.89. The van der Waals surface area contributed by atoms with E-state index in [2.05, 4.69) is 5.32 Å². The molecule has 13 heteroatoms. The average molecular weight is 477 g/mol. The van der Waals surface area contributed by atoms with Crippen molar-refractivity contribution in [2.45, 2.75) is 29.6 Å². The molecule has 176 valence electrons. The first-order valence-electron chi connectivity index (χ1n) is 9.47. The molecule has 1 aromatic carbocycles. The Morgan fingerprint density at radius 1 is 1.22 bits per heavy atom. The number of likely N-dealkylation sites (tertiary alicyclic amines) is 1. The molecule has 0 spiro atoms. The molecule has 2 aliphatic rings. The van der Waals surface area contributed by atoms with E-state index in [0.717, 1.165) is 28.4 Å². The minimum atomic E-state index is -4.61. The topological polar surface area (TPSA) is 113 Å². The lowest BCUT2D eigenvalue weighted by Crippen LogP contribution is -2.56. The minimum Gasteiger partial charge on any atom is -0.468 e. The SMILES string of the molecule is COC(=O)[C@]1(C)N[C@H](CN(C)S(=O)(=O)c2ccc(C(F)(F)F)cc2)[C@@H]2C(=O)N(C)C(=O)[C@@H]21. The van der Waals surface area contributed by atoms with Gasteiger partial charge in [-0.15, -0.1) is 0 Å². The molecule has 4 atom stereocenters. The Labute approximate surface area is 182 Å². The second-order valence-corrected chi connectivity index (χ2v) is 10.0. The summed E-state index contributed by atoms with van der Waals surface area (Å²) < 4.78 is 69.7. The maximum Gasteiger partial charge on any atom is 0.416 e. The Hall–Kier alpha value is -2.51. The van der Waals surface area contributed by atoms with Crippen LogP contribution in [0.15, 0.2) is 29.2 Å². The summed E-state index contributed by atoms with van der Waals surface area (Å²) in [7, 11) is -0.621. The molecule has 0 aliphatic carbocycles. The van der Waals surface area contributed by atoms with Crippen LogP contribution in [0.3, 0.4) is 0 Å². The lowest BCUT2D eigenvalue weighted by molar-refractivity contribution is -0.152. The highest BCUT2D eigenvalue weighted by atomic mass is 32.2. The lowest BCUT2D eigenvalue weighted by Gasteiger charge is -2.29. The monoisotopic (exact) mass is 477 g/mol. The number of fused-ring (bicyclic) bond motifs is 1. The number of nitrogens with zero attached hydrogens (tertiary/aromatic N) is 2. The van der Waals surface area contributed by atoms with Crippen LogP contribution in [-0.4, -0.2) is 74.7 Å². The van der Waals surface area contributed by atoms with E-state index in [4.69, 9.17) is 4.74 Å². The predicted octanol–water partition coefficient (Wildman–Crippen LogP) is 0.460. The van der Waals surface area contributed by atoms with Gasteiger partial charge in [-0.05, 0) is 31.2 Å². The van der Waals surface area contributed by atoms with Crippen molar-refractivity contribution in [2.24, 2.45) is 11.8 Å². The number of hydrogen-bond donors (Lipinski definition) is 1. The molecule has 0 radical (unpaired) electrons. The van der Waals surface area contributed by atoms with Gasteiger partial charge in [0.25, 0.3) is 0 Å². The number of alkyl halides is 3. The number of amides is 2. The summed E-state index contributed by atoms with van der Waals surface area (Å²) in [4.78, 5) is 38.2. The van der Waals surface area contributed by atoms with E-state index in [1.165, 1.54) is 21.0 Å². The molecule has 2 amide bonds. The summed E-state index contributed by atoms with van der Waals surface area (Å²) in [6.45, 7) is 1.09. The molecule has 2 aliphatic heterocycles. The van der Waals surface area contributed by atoms with Crippen LogP contribution in [0.1, 0.15) is 12.5 Å². The van der Waals surface area contributed by atoms with Gasteiger partial charge >= 0.3 is 12.1 Å². The Morgan fingerprint density at radius 2 is 1.78 bits per heavy atom. The molecule has 0 saturated carbocycles. The molecule has 2 heterocycles. The first-order chi connectivity index (χ1) is 14.7. The van der Waals surface area contributed by atoms with Crippen LogP contribution in [0.5, 0.6) is 0 Å². The zero-order chi connectivity index (χ0) is 24.2. The van der Waals surface area contributed by atoms with Gasteiger partial charge in [0.2, 0.25) is 21.8 Å². The van der Waals surface area contributed by atoms with E-state index in [1.54, 1.807) is 0 Å². The molecule has 2 fully saturated rings. The lowest BCUT2D eigenvalue weighted by atomic mass is 9.81. The summed E-state index contributed by atoms with van der Waals surface area (Å²) in [5.74, 6) is -4.03. The molecule has 0 unspecified atom stereocenters. The van der Waals surface area contributed by atoms with Crippen LogP contribution >= 0.6 is 0 Å². The summed E-state index contributed by atoms with van der Waals surface area (Å²) in [6.07, 6.45) is -4.61. The van der Waals surface area contributed by atoms with Crippen molar-refractivity contribution in [3.63, 3.8) is 0 Å². The largest absolute Gasteiger partial charge is 0.468 e. The molecular weight excluding hydrogens is 455 g/mol. The number of benzene rings is 1. The standard InChI is InChI=1S/C19H22F3N3O6S/c1-18(17(28)31-4)14-13(15(26)25(3)16(14)27)12(23-18)9-24(2)32(29,30)11-7-5-10(6-8-11)19(20,21)22/h5-8,12-14,23H,9H2,1-4H3/t12-,13+,14-,18-/m1/s1. The predicted molar refractivity (Wildman–Crippen MR) is 103 cm³/mol. The van der Waals surface area contributed by atoms with Crippen molar-refractivity contribution in [3.8, 4) is 0 Å². The Balaban J connectivity index is 1.89. The van der Waals surface area contributed by atoms with Crippen molar-refractivity contribution in [3.05, 3.63) is 29.8 Å². The van der Waals surface area contributed by atoms with Crippen molar-refractivity contribution < 1.29 is 40.7 Å². The number of sulfonamides is 1. The van der Waals surface area contributed by atoms with Gasteiger partial charge in [-0.1, -0.05) is 0 Å². The van der Waals surface area contributed by atoms with Crippen molar-refractivity contribution in [1.82, 2.24) is 14.5 Å². The average Bonchev–Trinajstić information content (AvgIpc) is 3.15. The maximum absolute atomic E-state index is 12.9. The number of carbonyl (C=O) groups is 3. The van der Waals surface area contributed by atoms with Gasteiger partial charge in [0.15, 0.2) is 0 Å². The fourth-order valence-corrected chi connectivity index (χ4v) is 5.54. The van der Waals surface area contributed by atoms with E-state index in [-0.39, 0.29) is 11.4 Å². The number of esters is 1. The third-order valence-electron chi connectivity index (χ3n) is 6.07. The number of rotatable bonds is 5. The Morgan fingerprint density at radius 3 is 2.28 bits per heavy atom. The number of hydrogen-bond acceptors (Lipinski definition) is 7. The minimum absolute atomic E-state index is 0.316. The number of ether oxygens (including phenoxy) is 1. The number of likely N-dealkylation sites (N-methyl/N-ethyl adjacent to an activating group) is 1. The summed E-state index contributed by atoms with van der Waals surface area (Å²) >= 11 is 0. The zero-order valence-electron chi connectivity index (χ0n) is 17.6. The van der Waals surface area contributed by atoms with E-state index in [9.17, 15) is 36.0 Å². The summed E-state index contributed by atoms with van der Waals surface area (Å²) in [6, 6.07) is 2.09. The molecule has 2 saturated heterocycles. The summed E-state index contributed by atoms with van der Waals surface area (Å²) in [5, 5.41) is 2.89. The number of imide groups is 1. The van der Waals surface area contributed by atoms with Gasteiger partial charge in [-0.3, -0.25) is 24.6 Å². The fraction of sp³-hybridized carbons (Fsp3) is 0.526. The van der Waals surface area contributed by atoms with E-state index in [1.807, 2.05) is 0 Å². The van der Waals surface area contributed by atoms with Crippen LogP contribution in [0.4, 0.5) is 13.2 Å². The molecular formula is C19H22F3N3O6S. The molecule has 1 aromatic rings. The van der Waals surface area contributed by atoms with E-state index < -0.39 is 63.0 Å². The maximum atomic E-state index is 12.9. The first-order valence-corrected chi connectivity index (χ1v) is 10.9. The molecule has 32 heavy (non-hydrogen) atoms. The van der Waals surface area contributed by atoms with Gasteiger partial charge in [-0.25, -0.2) is 8.42 Å². The first kappa shape index (κ1) is 24.1. The van der Waals surface area contributed by atoms with Gasteiger partial charge < -0.3 is 4.74 Å². The van der Waals surface area contributed by atoms with Crippen molar-refractivity contribution >= 4 is 27.8 Å². The smallest absolute Gasteiger partial charge is 0.416 e. The van der Waals surface area contributed by atoms with E-state index in [0.29, 0.717) is 12.1 Å². The molecule has 0 bridgehead atoms. The number of halogens is 3. The third kappa shape index (κ3) is 3.67. The van der Waals surface area contributed by atoms with Gasteiger partial charge in [-0.2, -0.15) is 17.5 Å². The number of methoxy groups -OCH3 is 1. The fourth-order valence-electron chi connectivity index (χ4n) is 4.34. The second kappa shape index (κ2) is 7.81. The van der Waals surface area contributed by atoms with Crippen LogP contribution in [0, 0.1) is 11.8 Å². The third-order valence-corrected chi connectivity index (χ3v) is 7.90. The highest BCUT2D eigenvalue weighted by Gasteiger charge is 2.66. The molecule has 0 aromatic heterocycles. The quantitative estimate of drug-likeness (QED) is 0.484. The highest BCUT2D eigenvalue weighted by molar-refractivity contribution is 7.89. The second-order valence-electron chi connectivity index (χ2n) is 7.99. The van der Waals surface area contributed by atoms with Gasteiger partial charge in [0, 0.05) is 26.7 Å². The van der Waals surface area contributed by atoms with E-state index >= 15 is 0 Å². The summed E-state index contributed by atoms with van der Waals surface area (Å²) in [5.41, 5.74) is -2.55. The molecule has 9 nitrogen and oxygen atoms in total. The highest BCUT2D eigenvalue weighted by Crippen LogP contribution is 2.43. The van der Waals surface area contributed by atoms with Crippen molar-refractivity contribution in [2.75, 3.05) is 27.7 Å². The number of carbonyl (C=O) groups excluding carboxylic acids is 3. The van der Waals surface area contributed by atoms with Crippen LogP contribution in [-0.2, 0) is 35.3 Å². The number of nitrogens with one attached hydrogen (secondary N) is 1. The Bertz CT molecular complexity index is 1060. The van der Waals surface area contributed by atoms with Crippen LogP contribution in [0.2, 0.25) is 0 Å². The normalized spacial score (nSPS) is 28.4. The van der Waals surface area contributed by atoms with Gasteiger partial charge in [0.05, 0.1) is 29.4 Å². The zero-order valence-corrected chi connectivity index (χ0v) is 18.5. The molecule has 1 N–H and O–H groups in total. The van der Waals surface area contributed by atoms with Crippen LogP contribution in [0.25, 0.3) is 0 Å².